The first-order chi connectivity index (χ1) is 11.1. The normalized spacial score (nSPS) is 15.7. The lowest BCUT2D eigenvalue weighted by atomic mass is 10.1. The van der Waals surface area contributed by atoms with Crippen LogP contribution in [0.3, 0.4) is 0 Å². The van der Waals surface area contributed by atoms with Gasteiger partial charge in [0, 0.05) is 18.5 Å². The molecule has 0 saturated carbocycles. The van der Waals surface area contributed by atoms with E-state index in [1.165, 1.54) is 29.4 Å². The second-order valence-electron chi connectivity index (χ2n) is 6.33. The summed E-state index contributed by atoms with van der Waals surface area (Å²) in [5.41, 5.74) is 3.47. The molecular formula is C19H24N2OS. The molecule has 1 aliphatic rings. The lowest BCUT2D eigenvalue weighted by molar-refractivity contribution is -0.128. The molecule has 0 unspecified atom stereocenters. The third-order valence-electron chi connectivity index (χ3n) is 4.53. The molecule has 2 aromatic rings. The van der Waals surface area contributed by atoms with Gasteiger partial charge < -0.3 is 4.90 Å². The minimum Gasteiger partial charge on any atom is -0.342 e. The predicted molar refractivity (Wildman–Crippen MR) is 97.0 cm³/mol. The van der Waals surface area contributed by atoms with E-state index in [1.807, 2.05) is 4.90 Å². The SMILES string of the molecule is Cc1cc(SCC(=O)N2CCCCCC2)nc2c(C)cccc12. The van der Waals surface area contributed by atoms with Crippen molar-refractivity contribution in [1.82, 2.24) is 9.88 Å². The van der Waals surface area contributed by atoms with Gasteiger partial charge in [0.2, 0.25) is 5.91 Å². The van der Waals surface area contributed by atoms with Crippen LogP contribution in [-0.2, 0) is 4.79 Å². The Hall–Kier alpha value is -1.55. The van der Waals surface area contributed by atoms with E-state index in [0.29, 0.717) is 5.75 Å². The summed E-state index contributed by atoms with van der Waals surface area (Å²) in [6.45, 7) is 6.04. The number of aromatic nitrogens is 1. The van der Waals surface area contributed by atoms with Gasteiger partial charge in [-0.2, -0.15) is 0 Å². The molecule has 2 heterocycles. The van der Waals surface area contributed by atoms with E-state index in [1.54, 1.807) is 11.8 Å². The van der Waals surface area contributed by atoms with Gasteiger partial charge in [0.1, 0.15) is 0 Å². The van der Waals surface area contributed by atoms with Crippen LogP contribution >= 0.6 is 11.8 Å². The highest BCUT2D eigenvalue weighted by Crippen LogP contribution is 2.26. The van der Waals surface area contributed by atoms with Crippen molar-refractivity contribution < 1.29 is 4.79 Å². The fraction of sp³-hybridized carbons (Fsp3) is 0.474. The summed E-state index contributed by atoms with van der Waals surface area (Å²) >= 11 is 1.56. The lowest BCUT2D eigenvalue weighted by Gasteiger charge is -2.20. The third-order valence-corrected chi connectivity index (χ3v) is 5.42. The number of rotatable bonds is 3. The largest absolute Gasteiger partial charge is 0.342 e. The number of carbonyl (C=O) groups excluding carboxylic acids is 1. The molecule has 23 heavy (non-hydrogen) atoms. The van der Waals surface area contributed by atoms with E-state index >= 15 is 0 Å². The average molecular weight is 328 g/mol. The van der Waals surface area contributed by atoms with E-state index < -0.39 is 0 Å². The van der Waals surface area contributed by atoms with Gasteiger partial charge in [0.05, 0.1) is 16.3 Å². The molecule has 3 nitrogen and oxygen atoms in total. The molecule has 0 N–H and O–H groups in total. The molecule has 0 atom stereocenters. The quantitative estimate of drug-likeness (QED) is 0.786. The van der Waals surface area contributed by atoms with Crippen molar-refractivity contribution in [2.24, 2.45) is 0 Å². The molecule has 1 aromatic heterocycles. The highest BCUT2D eigenvalue weighted by Gasteiger charge is 2.16. The molecule has 0 bridgehead atoms. The maximum atomic E-state index is 12.4. The summed E-state index contributed by atoms with van der Waals surface area (Å²) in [7, 11) is 0. The smallest absolute Gasteiger partial charge is 0.232 e. The van der Waals surface area contributed by atoms with Crippen LogP contribution in [0.1, 0.15) is 36.8 Å². The van der Waals surface area contributed by atoms with Gasteiger partial charge >= 0.3 is 0 Å². The fourth-order valence-electron chi connectivity index (χ4n) is 3.15. The number of likely N-dealkylation sites (tertiary alicyclic amines) is 1. The van der Waals surface area contributed by atoms with Crippen molar-refractivity contribution in [2.75, 3.05) is 18.8 Å². The van der Waals surface area contributed by atoms with E-state index in [0.717, 1.165) is 36.5 Å². The van der Waals surface area contributed by atoms with Crippen LogP contribution in [0.5, 0.6) is 0 Å². The van der Waals surface area contributed by atoms with Crippen LogP contribution in [0, 0.1) is 13.8 Å². The van der Waals surface area contributed by atoms with E-state index in [-0.39, 0.29) is 5.91 Å². The molecule has 1 saturated heterocycles. The van der Waals surface area contributed by atoms with Crippen LogP contribution in [-0.4, -0.2) is 34.6 Å². The number of fused-ring (bicyclic) bond motifs is 1. The van der Waals surface area contributed by atoms with Crippen molar-refractivity contribution in [2.45, 2.75) is 44.6 Å². The Morgan fingerprint density at radius 3 is 2.61 bits per heavy atom. The minimum atomic E-state index is 0.251. The summed E-state index contributed by atoms with van der Waals surface area (Å²) in [6, 6.07) is 8.37. The monoisotopic (exact) mass is 328 g/mol. The summed E-state index contributed by atoms with van der Waals surface area (Å²) in [5.74, 6) is 0.741. The molecule has 0 radical (unpaired) electrons. The van der Waals surface area contributed by atoms with Gasteiger partial charge in [-0.1, -0.05) is 42.8 Å². The Morgan fingerprint density at radius 1 is 1.13 bits per heavy atom. The Balaban J connectivity index is 1.71. The Labute approximate surface area is 142 Å². The van der Waals surface area contributed by atoms with Crippen molar-refractivity contribution in [3.05, 3.63) is 35.4 Å². The summed E-state index contributed by atoms with van der Waals surface area (Å²) in [6.07, 6.45) is 4.79. The topological polar surface area (TPSA) is 33.2 Å². The third kappa shape index (κ3) is 3.86. The molecule has 1 aromatic carbocycles. The Kier molecular flexibility index (Phi) is 5.21. The highest BCUT2D eigenvalue weighted by molar-refractivity contribution is 7.99. The van der Waals surface area contributed by atoms with Crippen LogP contribution in [0.2, 0.25) is 0 Å². The zero-order valence-corrected chi connectivity index (χ0v) is 14.8. The number of thioether (sulfide) groups is 1. The molecule has 1 aliphatic heterocycles. The molecule has 1 amide bonds. The number of benzene rings is 1. The predicted octanol–water partition coefficient (Wildman–Crippen LogP) is 4.35. The minimum absolute atomic E-state index is 0.251. The molecule has 0 aliphatic carbocycles. The highest BCUT2D eigenvalue weighted by atomic mass is 32.2. The van der Waals surface area contributed by atoms with Gasteiger partial charge in [-0.3, -0.25) is 4.79 Å². The lowest BCUT2D eigenvalue weighted by Crippen LogP contribution is -2.33. The molecule has 122 valence electrons. The van der Waals surface area contributed by atoms with E-state index in [9.17, 15) is 4.79 Å². The van der Waals surface area contributed by atoms with Crippen molar-refractivity contribution >= 4 is 28.6 Å². The number of hydrogen-bond donors (Lipinski definition) is 0. The van der Waals surface area contributed by atoms with Gasteiger partial charge in [-0.05, 0) is 43.9 Å². The van der Waals surface area contributed by atoms with Crippen LogP contribution < -0.4 is 0 Å². The molecular weight excluding hydrogens is 304 g/mol. The summed E-state index contributed by atoms with van der Waals surface area (Å²) < 4.78 is 0. The number of carbonyl (C=O) groups is 1. The molecule has 0 spiro atoms. The van der Waals surface area contributed by atoms with Crippen molar-refractivity contribution in [3.63, 3.8) is 0 Å². The average Bonchev–Trinajstić information content (AvgIpc) is 2.83. The number of amides is 1. The van der Waals surface area contributed by atoms with E-state index in [2.05, 4.69) is 38.1 Å². The maximum Gasteiger partial charge on any atom is 0.232 e. The number of hydrogen-bond acceptors (Lipinski definition) is 3. The molecule has 4 heteroatoms. The first-order valence-corrected chi connectivity index (χ1v) is 9.41. The second-order valence-corrected chi connectivity index (χ2v) is 7.33. The van der Waals surface area contributed by atoms with Crippen LogP contribution in [0.4, 0.5) is 0 Å². The zero-order valence-electron chi connectivity index (χ0n) is 14.0. The van der Waals surface area contributed by atoms with Gasteiger partial charge in [-0.25, -0.2) is 4.98 Å². The van der Waals surface area contributed by atoms with Crippen molar-refractivity contribution in [3.8, 4) is 0 Å². The first kappa shape index (κ1) is 16.3. The molecule has 3 rings (SSSR count). The number of pyridine rings is 1. The van der Waals surface area contributed by atoms with Crippen LogP contribution in [0.15, 0.2) is 29.3 Å². The Bertz CT molecular complexity index is 706. The van der Waals surface area contributed by atoms with E-state index in [4.69, 9.17) is 4.98 Å². The number of nitrogens with zero attached hydrogens (tertiary/aromatic N) is 2. The Morgan fingerprint density at radius 2 is 1.87 bits per heavy atom. The van der Waals surface area contributed by atoms with Crippen LogP contribution in [0.25, 0.3) is 10.9 Å². The summed E-state index contributed by atoms with van der Waals surface area (Å²) in [5, 5.41) is 2.15. The number of para-hydroxylation sites is 1. The zero-order chi connectivity index (χ0) is 16.2. The summed E-state index contributed by atoms with van der Waals surface area (Å²) in [4.78, 5) is 19.2. The fourth-order valence-corrected chi connectivity index (χ4v) is 4.02. The maximum absolute atomic E-state index is 12.4. The first-order valence-electron chi connectivity index (χ1n) is 8.43. The second kappa shape index (κ2) is 7.35. The number of aryl methyl sites for hydroxylation is 2. The molecule has 1 fully saturated rings. The van der Waals surface area contributed by atoms with Gasteiger partial charge in [-0.15, -0.1) is 0 Å². The van der Waals surface area contributed by atoms with Gasteiger partial charge in [0.15, 0.2) is 0 Å². The standard InChI is InChI=1S/C19H24N2OS/c1-14-8-7-9-16-15(2)12-17(20-19(14)16)23-13-18(22)21-10-5-3-4-6-11-21/h7-9,12H,3-6,10-11,13H2,1-2H3. The van der Waals surface area contributed by atoms with Gasteiger partial charge in [0.25, 0.3) is 0 Å². The van der Waals surface area contributed by atoms with Crippen molar-refractivity contribution in [1.29, 1.82) is 0 Å².